The fourth-order valence-electron chi connectivity index (χ4n) is 1.49. The molecule has 0 aromatic heterocycles. The van der Waals surface area contributed by atoms with Crippen LogP contribution in [0.4, 0.5) is 5.69 Å². The van der Waals surface area contributed by atoms with Crippen molar-refractivity contribution in [2.45, 2.75) is 11.8 Å². The van der Waals surface area contributed by atoms with Crippen LogP contribution in [0.25, 0.3) is 0 Å². The van der Waals surface area contributed by atoms with Gasteiger partial charge in [-0.25, -0.2) is 0 Å². The second kappa shape index (κ2) is 12.9. The zero-order valence-electron chi connectivity index (χ0n) is 12.8. The lowest BCUT2D eigenvalue weighted by atomic mass is 10.3. The van der Waals surface area contributed by atoms with E-state index in [1.54, 1.807) is 18.9 Å². The molecule has 0 atom stereocenters. The Labute approximate surface area is 131 Å². The van der Waals surface area contributed by atoms with Crippen molar-refractivity contribution in [1.29, 1.82) is 0 Å². The molecule has 1 aromatic carbocycles. The fourth-order valence-corrected chi connectivity index (χ4v) is 2.31. The molecule has 0 amide bonds. The van der Waals surface area contributed by atoms with Gasteiger partial charge in [0, 0.05) is 17.8 Å². The molecule has 0 unspecified atom stereocenters. The summed E-state index contributed by atoms with van der Waals surface area (Å²) in [7, 11) is 1.66. The topological polar surface area (TPSA) is 49.0 Å². The van der Waals surface area contributed by atoms with E-state index in [4.69, 9.17) is 19.0 Å². The number of benzene rings is 1. The zero-order chi connectivity index (χ0) is 15.2. The Kier molecular flexibility index (Phi) is 11.2. The smallest absolute Gasteiger partial charge is 0.0717 e. The van der Waals surface area contributed by atoms with E-state index in [0.717, 1.165) is 11.4 Å². The third-order valence-corrected chi connectivity index (χ3v) is 3.43. The largest absolute Gasteiger partial charge is 0.382 e. The predicted molar refractivity (Wildman–Crippen MR) is 85.9 cm³/mol. The maximum Gasteiger partial charge on any atom is 0.0717 e. The Bertz CT molecular complexity index is 365. The first-order valence-corrected chi connectivity index (χ1v) is 8.10. The van der Waals surface area contributed by atoms with Crippen LogP contribution in [0.15, 0.2) is 29.2 Å². The van der Waals surface area contributed by atoms with Crippen molar-refractivity contribution in [1.82, 2.24) is 0 Å². The predicted octanol–water partition coefficient (Wildman–Crippen LogP) is 2.82. The van der Waals surface area contributed by atoms with Crippen molar-refractivity contribution < 1.29 is 19.0 Å². The van der Waals surface area contributed by atoms with Gasteiger partial charge in [-0.05, 0) is 25.1 Å². The van der Waals surface area contributed by atoms with Gasteiger partial charge in [0.1, 0.15) is 0 Å². The van der Waals surface area contributed by atoms with Gasteiger partial charge in [0.15, 0.2) is 0 Å². The van der Waals surface area contributed by atoms with Crippen LogP contribution in [0, 0.1) is 0 Å². The average Bonchev–Trinajstić information content (AvgIpc) is 2.52. The minimum absolute atomic E-state index is 0.613. The summed E-state index contributed by atoms with van der Waals surface area (Å²) < 4.78 is 15.7. The van der Waals surface area contributed by atoms with Gasteiger partial charge >= 0.3 is 0 Å². The number of rotatable bonds is 13. The SMILES string of the molecule is CCONc1cccc(SCCOCCOCCOC)c1. The van der Waals surface area contributed by atoms with Crippen molar-refractivity contribution in [3.63, 3.8) is 0 Å². The van der Waals surface area contributed by atoms with Gasteiger partial charge in [-0.2, -0.15) is 0 Å². The highest BCUT2D eigenvalue weighted by molar-refractivity contribution is 7.99. The highest BCUT2D eigenvalue weighted by atomic mass is 32.2. The summed E-state index contributed by atoms with van der Waals surface area (Å²) >= 11 is 1.76. The Hall–Kier alpha value is -0.790. The van der Waals surface area contributed by atoms with E-state index in [1.807, 2.05) is 19.1 Å². The molecule has 0 aliphatic carbocycles. The van der Waals surface area contributed by atoms with Crippen molar-refractivity contribution in [2.24, 2.45) is 0 Å². The van der Waals surface area contributed by atoms with Crippen LogP contribution in [0.5, 0.6) is 0 Å². The van der Waals surface area contributed by atoms with Crippen LogP contribution in [0.3, 0.4) is 0 Å². The number of ether oxygens (including phenoxy) is 3. The van der Waals surface area contributed by atoms with E-state index >= 15 is 0 Å². The van der Waals surface area contributed by atoms with E-state index in [-0.39, 0.29) is 0 Å². The molecule has 0 bridgehead atoms. The van der Waals surface area contributed by atoms with Crippen LogP contribution in [-0.2, 0) is 19.0 Å². The molecule has 0 spiro atoms. The fraction of sp³-hybridized carbons (Fsp3) is 0.600. The van der Waals surface area contributed by atoms with Gasteiger partial charge in [0.2, 0.25) is 0 Å². The van der Waals surface area contributed by atoms with Crippen molar-refractivity contribution in [2.75, 3.05) is 58.0 Å². The van der Waals surface area contributed by atoms with Gasteiger partial charge in [-0.1, -0.05) is 6.07 Å². The molecule has 0 saturated carbocycles. The van der Waals surface area contributed by atoms with E-state index in [1.165, 1.54) is 4.90 Å². The quantitative estimate of drug-likeness (QED) is 0.343. The van der Waals surface area contributed by atoms with Gasteiger partial charge in [-0.15, -0.1) is 11.8 Å². The van der Waals surface area contributed by atoms with Crippen LogP contribution in [-0.4, -0.2) is 52.5 Å². The Morgan fingerprint density at radius 2 is 1.81 bits per heavy atom. The number of hydrogen-bond acceptors (Lipinski definition) is 6. The van der Waals surface area contributed by atoms with Crippen LogP contribution in [0.1, 0.15) is 6.92 Å². The van der Waals surface area contributed by atoms with Crippen LogP contribution < -0.4 is 5.48 Å². The van der Waals surface area contributed by atoms with Crippen molar-refractivity contribution in [3.8, 4) is 0 Å². The Morgan fingerprint density at radius 3 is 2.57 bits per heavy atom. The molecule has 120 valence electrons. The third-order valence-electron chi connectivity index (χ3n) is 2.47. The van der Waals surface area contributed by atoms with Crippen LogP contribution >= 0.6 is 11.8 Å². The summed E-state index contributed by atoms with van der Waals surface area (Å²) in [6, 6.07) is 8.13. The van der Waals surface area contributed by atoms with Crippen molar-refractivity contribution in [3.05, 3.63) is 24.3 Å². The number of methoxy groups -OCH3 is 1. The summed E-state index contributed by atoms with van der Waals surface area (Å²) in [5, 5.41) is 0. The molecule has 0 saturated heterocycles. The molecule has 0 fully saturated rings. The number of nitrogens with one attached hydrogen (secondary N) is 1. The average molecular weight is 315 g/mol. The number of thioether (sulfide) groups is 1. The molecule has 0 aliphatic heterocycles. The second-order valence-corrected chi connectivity index (χ2v) is 5.30. The lowest BCUT2D eigenvalue weighted by molar-refractivity contribution is 0.0286. The molecule has 6 heteroatoms. The first-order chi connectivity index (χ1) is 10.4. The van der Waals surface area contributed by atoms with Crippen LogP contribution in [0.2, 0.25) is 0 Å². The molecular weight excluding hydrogens is 290 g/mol. The normalized spacial score (nSPS) is 10.8. The Balaban J connectivity index is 2.04. The molecule has 1 rings (SSSR count). The summed E-state index contributed by atoms with van der Waals surface area (Å²) in [6.07, 6.45) is 0. The first-order valence-electron chi connectivity index (χ1n) is 7.12. The second-order valence-electron chi connectivity index (χ2n) is 4.13. The van der Waals surface area contributed by atoms with E-state index in [9.17, 15) is 0 Å². The maximum atomic E-state index is 5.50. The summed E-state index contributed by atoms with van der Waals surface area (Å²) in [4.78, 5) is 6.36. The first kappa shape index (κ1) is 18.3. The highest BCUT2D eigenvalue weighted by Crippen LogP contribution is 2.21. The zero-order valence-corrected chi connectivity index (χ0v) is 13.6. The lowest BCUT2D eigenvalue weighted by Crippen LogP contribution is -2.09. The molecule has 0 heterocycles. The van der Waals surface area contributed by atoms with E-state index in [0.29, 0.717) is 39.6 Å². The molecule has 21 heavy (non-hydrogen) atoms. The maximum absolute atomic E-state index is 5.50. The Morgan fingerprint density at radius 1 is 1.05 bits per heavy atom. The minimum Gasteiger partial charge on any atom is -0.382 e. The number of anilines is 1. The molecule has 0 radical (unpaired) electrons. The molecular formula is C15H25NO4S. The van der Waals surface area contributed by atoms with Crippen molar-refractivity contribution >= 4 is 17.4 Å². The molecule has 1 aromatic rings. The standard InChI is InChI=1S/C15H25NO4S/c1-3-20-16-14-5-4-6-15(13-14)21-12-11-19-10-9-18-8-7-17-2/h4-6,13,16H,3,7-12H2,1-2H3. The van der Waals surface area contributed by atoms with Gasteiger partial charge < -0.3 is 14.2 Å². The third kappa shape index (κ3) is 9.71. The summed E-state index contributed by atoms with van der Waals surface area (Å²) in [5.41, 5.74) is 3.87. The van der Waals surface area contributed by atoms with E-state index in [2.05, 4.69) is 17.6 Å². The molecule has 5 nitrogen and oxygen atoms in total. The van der Waals surface area contributed by atoms with Gasteiger partial charge in [0.05, 0.1) is 45.3 Å². The summed E-state index contributed by atoms with van der Waals surface area (Å²) in [6.45, 7) is 5.77. The summed E-state index contributed by atoms with van der Waals surface area (Å²) in [5.74, 6) is 0.913. The monoisotopic (exact) mass is 315 g/mol. The minimum atomic E-state index is 0.613. The number of hydrogen-bond donors (Lipinski definition) is 1. The lowest BCUT2D eigenvalue weighted by Gasteiger charge is -2.08. The van der Waals surface area contributed by atoms with Gasteiger partial charge in [0.25, 0.3) is 0 Å². The molecule has 1 N–H and O–H groups in total. The highest BCUT2D eigenvalue weighted by Gasteiger charge is 1.97. The van der Waals surface area contributed by atoms with Gasteiger partial charge in [-0.3, -0.25) is 10.3 Å². The van der Waals surface area contributed by atoms with E-state index < -0.39 is 0 Å². The molecule has 0 aliphatic rings.